The Hall–Kier alpha value is -1.44. The standard InChI is InChI=1S/C24H33O7.O3S/c1-23(2)27-13-19(30-23)20-15(11-18-21(20)31-24(3,4)29-18)10-17-16(25)12-26-22(28-17)14-8-6-5-7-9-14;1-4(2)3/h5-9,15-22H,10-13H2,1-4H3;/q-1;/t15-,16+,17-,18+,19-,20-,21+,22?;/m1./s1. The molecule has 10 nitrogen and oxygen atoms in total. The third kappa shape index (κ3) is 6.47. The SMILES string of the molecule is CC1(C)O[C@@H]2[C@@H]([C@H]3COC(C)(C)O3)[C@H](C[C@H]3OC(c4ccccc4)OC[C@@H]3[O-])C[C@@H]2O1.O=S(=O)=O. The number of rotatable bonds is 4. The molecule has 1 saturated carbocycles. The molecule has 0 radical (unpaired) electrons. The summed E-state index contributed by atoms with van der Waals surface area (Å²) in [4.78, 5) is 0. The van der Waals surface area contributed by atoms with Crippen LogP contribution in [-0.2, 0) is 39.0 Å². The summed E-state index contributed by atoms with van der Waals surface area (Å²) in [5, 5.41) is 12.8. The molecule has 0 N–H and O–H groups in total. The third-order valence-corrected chi connectivity index (χ3v) is 6.87. The first kappa shape index (κ1) is 26.6. The fourth-order valence-electron chi connectivity index (χ4n) is 5.63. The molecule has 0 bridgehead atoms. The van der Waals surface area contributed by atoms with Gasteiger partial charge in [-0.05, 0) is 46.5 Å². The second-order valence-electron chi connectivity index (χ2n) is 10.3. The van der Waals surface area contributed by atoms with Crippen molar-refractivity contribution in [3.63, 3.8) is 0 Å². The molecule has 0 amide bonds. The van der Waals surface area contributed by atoms with Crippen molar-refractivity contribution in [1.29, 1.82) is 0 Å². The molecule has 4 aliphatic rings. The Bertz CT molecular complexity index is 960. The van der Waals surface area contributed by atoms with Crippen LogP contribution in [0.25, 0.3) is 0 Å². The van der Waals surface area contributed by atoms with Gasteiger partial charge in [-0.25, -0.2) is 0 Å². The van der Waals surface area contributed by atoms with Gasteiger partial charge in [0.1, 0.15) is 0 Å². The molecule has 11 heteroatoms. The van der Waals surface area contributed by atoms with Gasteiger partial charge in [0.2, 0.25) is 0 Å². The summed E-state index contributed by atoms with van der Waals surface area (Å²) in [6.07, 6.45) is -0.585. The van der Waals surface area contributed by atoms with Crippen LogP contribution in [0.3, 0.4) is 0 Å². The Kier molecular flexibility index (Phi) is 7.99. The average Bonchev–Trinajstić information content (AvgIpc) is 3.37. The number of ether oxygens (including phenoxy) is 6. The van der Waals surface area contributed by atoms with E-state index in [4.69, 9.17) is 41.0 Å². The zero-order valence-corrected chi connectivity index (χ0v) is 21.1. The van der Waals surface area contributed by atoms with E-state index in [1.54, 1.807) is 0 Å². The van der Waals surface area contributed by atoms with Gasteiger partial charge < -0.3 is 33.5 Å². The first-order valence-electron chi connectivity index (χ1n) is 11.9. The van der Waals surface area contributed by atoms with Crippen LogP contribution in [0.1, 0.15) is 52.4 Å². The highest BCUT2D eigenvalue weighted by molar-refractivity contribution is 7.59. The first-order valence-corrected chi connectivity index (χ1v) is 12.9. The van der Waals surface area contributed by atoms with E-state index in [0.29, 0.717) is 13.0 Å². The molecule has 0 spiro atoms. The van der Waals surface area contributed by atoms with Crippen LogP contribution in [-0.4, -0.2) is 67.9 Å². The van der Waals surface area contributed by atoms with Gasteiger partial charge in [0.05, 0.1) is 31.0 Å². The zero-order chi connectivity index (χ0) is 25.4. The largest absolute Gasteiger partial charge is 0.848 e. The van der Waals surface area contributed by atoms with E-state index in [1.165, 1.54) is 0 Å². The normalized spacial score (nSPS) is 39.5. The summed E-state index contributed by atoms with van der Waals surface area (Å²) in [5.74, 6) is -0.953. The molecule has 1 aromatic rings. The predicted octanol–water partition coefficient (Wildman–Crippen LogP) is 1.52. The van der Waals surface area contributed by atoms with Crippen molar-refractivity contribution in [3.05, 3.63) is 35.9 Å². The minimum Gasteiger partial charge on any atom is -0.848 e. The van der Waals surface area contributed by atoms with Gasteiger partial charge in [-0.15, -0.1) is 12.6 Å². The second kappa shape index (κ2) is 10.5. The Balaban J connectivity index is 0.000000672. The number of hydrogen-bond acceptors (Lipinski definition) is 10. The molecule has 1 aliphatic carbocycles. The van der Waals surface area contributed by atoms with E-state index in [0.717, 1.165) is 12.0 Å². The third-order valence-electron chi connectivity index (χ3n) is 6.87. The van der Waals surface area contributed by atoms with Crippen LogP contribution < -0.4 is 5.11 Å². The lowest BCUT2D eigenvalue weighted by Gasteiger charge is -2.42. The Morgan fingerprint density at radius 2 is 1.60 bits per heavy atom. The van der Waals surface area contributed by atoms with Gasteiger partial charge in [0.25, 0.3) is 0 Å². The Morgan fingerprint density at radius 3 is 2.23 bits per heavy atom. The van der Waals surface area contributed by atoms with Crippen LogP contribution in [0.2, 0.25) is 0 Å². The molecule has 8 atom stereocenters. The minimum atomic E-state index is -3.11. The van der Waals surface area contributed by atoms with Crippen molar-refractivity contribution in [2.45, 2.75) is 88.9 Å². The van der Waals surface area contributed by atoms with Gasteiger partial charge in [0.15, 0.2) is 17.9 Å². The lowest BCUT2D eigenvalue weighted by atomic mass is 9.84. The van der Waals surface area contributed by atoms with Crippen molar-refractivity contribution in [3.8, 4) is 0 Å². The molecule has 5 rings (SSSR count). The number of hydrogen-bond donors (Lipinski definition) is 0. The van der Waals surface area contributed by atoms with Crippen molar-refractivity contribution < 1.29 is 46.2 Å². The van der Waals surface area contributed by atoms with E-state index < -0.39 is 40.7 Å². The Labute approximate surface area is 206 Å². The maximum atomic E-state index is 12.8. The summed E-state index contributed by atoms with van der Waals surface area (Å²) in [6, 6.07) is 9.78. The van der Waals surface area contributed by atoms with Crippen molar-refractivity contribution in [2.24, 2.45) is 11.8 Å². The second-order valence-corrected chi connectivity index (χ2v) is 10.7. The van der Waals surface area contributed by atoms with Crippen molar-refractivity contribution in [1.82, 2.24) is 0 Å². The highest BCUT2D eigenvalue weighted by atomic mass is 32.2. The molecule has 3 saturated heterocycles. The summed E-state index contributed by atoms with van der Waals surface area (Å²) >= 11 is 0. The first-order chi connectivity index (χ1) is 16.4. The number of fused-ring (bicyclic) bond motifs is 1. The van der Waals surface area contributed by atoms with E-state index in [9.17, 15) is 5.11 Å². The van der Waals surface area contributed by atoms with Crippen LogP contribution in [0.5, 0.6) is 0 Å². The van der Waals surface area contributed by atoms with Gasteiger partial charge in [0, 0.05) is 18.1 Å². The van der Waals surface area contributed by atoms with Crippen molar-refractivity contribution >= 4 is 10.6 Å². The fraction of sp³-hybridized carbons (Fsp3) is 0.750. The molecule has 4 fully saturated rings. The van der Waals surface area contributed by atoms with Gasteiger partial charge in [-0.1, -0.05) is 36.4 Å². The van der Waals surface area contributed by atoms with Crippen LogP contribution in [0, 0.1) is 11.8 Å². The average molecular weight is 514 g/mol. The topological polar surface area (TPSA) is 130 Å². The van der Waals surface area contributed by atoms with Gasteiger partial charge in [-0.3, -0.25) is 0 Å². The summed E-state index contributed by atoms with van der Waals surface area (Å²) in [7, 11) is -3.11. The maximum Gasteiger partial charge on any atom is 0.425 e. The molecule has 0 aromatic heterocycles. The van der Waals surface area contributed by atoms with Gasteiger partial charge >= 0.3 is 10.6 Å². The number of benzene rings is 1. The fourth-order valence-corrected chi connectivity index (χ4v) is 5.63. The molecule has 1 unspecified atom stereocenters. The van der Waals surface area contributed by atoms with E-state index >= 15 is 0 Å². The van der Waals surface area contributed by atoms with E-state index in [-0.39, 0.29) is 36.8 Å². The Morgan fingerprint density at radius 1 is 0.943 bits per heavy atom. The lowest BCUT2D eigenvalue weighted by Crippen LogP contribution is -2.50. The smallest absolute Gasteiger partial charge is 0.425 e. The zero-order valence-electron chi connectivity index (χ0n) is 20.3. The summed E-state index contributed by atoms with van der Waals surface area (Å²) in [6.45, 7) is 8.43. The van der Waals surface area contributed by atoms with Crippen LogP contribution in [0.15, 0.2) is 30.3 Å². The molecule has 3 aliphatic heterocycles. The molecule has 196 valence electrons. The van der Waals surface area contributed by atoms with E-state index in [1.807, 2.05) is 58.0 Å². The molecule has 3 heterocycles. The monoisotopic (exact) mass is 513 g/mol. The molecule has 35 heavy (non-hydrogen) atoms. The minimum absolute atomic E-state index is 0.00725. The molecular weight excluding hydrogens is 480 g/mol. The predicted molar refractivity (Wildman–Crippen MR) is 118 cm³/mol. The lowest BCUT2D eigenvalue weighted by molar-refractivity contribution is -0.475. The molecular formula is C24H33O10S-. The van der Waals surface area contributed by atoms with Gasteiger partial charge in [-0.2, -0.15) is 0 Å². The maximum absolute atomic E-state index is 12.8. The van der Waals surface area contributed by atoms with Crippen LogP contribution in [0.4, 0.5) is 0 Å². The van der Waals surface area contributed by atoms with E-state index in [2.05, 4.69) is 0 Å². The van der Waals surface area contributed by atoms with Crippen molar-refractivity contribution in [2.75, 3.05) is 13.2 Å². The quantitative estimate of drug-likeness (QED) is 0.584. The summed E-state index contributed by atoms with van der Waals surface area (Å²) < 4.78 is 61.8. The highest BCUT2D eigenvalue weighted by Gasteiger charge is 2.57. The summed E-state index contributed by atoms with van der Waals surface area (Å²) in [5.41, 5.74) is 0.932. The highest BCUT2D eigenvalue weighted by Crippen LogP contribution is 2.50. The van der Waals surface area contributed by atoms with Crippen LogP contribution >= 0.6 is 0 Å². The molecule has 1 aromatic carbocycles.